The zero-order chi connectivity index (χ0) is 22.1. The van der Waals surface area contributed by atoms with E-state index in [1.54, 1.807) is 0 Å². The molecule has 6 rings (SSSR count). The van der Waals surface area contributed by atoms with Crippen molar-refractivity contribution in [3.05, 3.63) is 59.7 Å². The molecule has 4 fully saturated rings. The zero-order valence-electron chi connectivity index (χ0n) is 18.6. The number of rotatable bonds is 8. The molecule has 0 aliphatic heterocycles. The fourth-order valence-electron chi connectivity index (χ4n) is 6.67. The Labute approximate surface area is 196 Å². The summed E-state index contributed by atoms with van der Waals surface area (Å²) in [4.78, 5) is 24.0. The summed E-state index contributed by atoms with van der Waals surface area (Å²) in [7, 11) is 1.38. The van der Waals surface area contributed by atoms with Gasteiger partial charge in [0.25, 0.3) is 0 Å². The number of hydrogen-bond donors (Lipinski definition) is 0. The second-order valence-electron chi connectivity index (χ2n) is 9.94. The summed E-state index contributed by atoms with van der Waals surface area (Å²) in [5.74, 6) is 3.30. The van der Waals surface area contributed by atoms with Crippen LogP contribution in [-0.4, -0.2) is 40.0 Å². The summed E-state index contributed by atoms with van der Waals surface area (Å²) >= 11 is -0.659. The molecule has 0 spiro atoms. The van der Waals surface area contributed by atoms with Gasteiger partial charge in [0.15, 0.2) is 0 Å². The zero-order valence-corrected chi connectivity index (χ0v) is 20.5. The molecule has 4 bridgehead atoms. The van der Waals surface area contributed by atoms with Gasteiger partial charge in [-0.15, -0.1) is 0 Å². The quantitative estimate of drug-likeness (QED) is 0.415. The van der Waals surface area contributed by atoms with Gasteiger partial charge >= 0.3 is 197 Å². The Morgan fingerprint density at radius 3 is 2.25 bits per heavy atom. The molecular weight excluding hydrogens is 463 g/mol. The van der Waals surface area contributed by atoms with Crippen LogP contribution >= 0.6 is 0 Å². The molecule has 5 heteroatoms. The van der Waals surface area contributed by atoms with Gasteiger partial charge in [-0.05, 0) is 0 Å². The minimum atomic E-state index is -0.659. The van der Waals surface area contributed by atoms with Crippen LogP contribution in [0.4, 0.5) is 0 Å². The van der Waals surface area contributed by atoms with Crippen LogP contribution in [0.5, 0.6) is 5.75 Å². The summed E-state index contributed by atoms with van der Waals surface area (Å²) in [6.45, 7) is 0.0952. The number of hydrogen-bond acceptors (Lipinski definition) is 4. The van der Waals surface area contributed by atoms with Crippen LogP contribution in [0, 0.1) is 17.8 Å². The Kier molecular flexibility index (Phi) is 6.16. The molecule has 0 unspecified atom stereocenters. The van der Waals surface area contributed by atoms with E-state index in [0.29, 0.717) is 5.41 Å². The molecule has 167 valence electrons. The van der Waals surface area contributed by atoms with Gasteiger partial charge in [-0.2, -0.15) is 0 Å². The molecule has 4 aliphatic carbocycles. The van der Waals surface area contributed by atoms with E-state index >= 15 is 0 Å². The normalized spacial score (nSPS) is 28.2. The van der Waals surface area contributed by atoms with E-state index < -0.39 is 15.8 Å². The third kappa shape index (κ3) is 4.66. The van der Waals surface area contributed by atoms with Gasteiger partial charge in [0, 0.05) is 0 Å². The van der Waals surface area contributed by atoms with Gasteiger partial charge in [0.05, 0.1) is 0 Å². The molecule has 0 N–H and O–H groups in total. The molecule has 4 nitrogen and oxygen atoms in total. The Morgan fingerprint density at radius 1 is 0.969 bits per heavy atom. The van der Waals surface area contributed by atoms with Gasteiger partial charge in [-0.25, -0.2) is 0 Å². The van der Waals surface area contributed by atoms with E-state index in [2.05, 4.69) is 24.3 Å². The molecular formula is C27H30AsO4. The molecule has 0 amide bonds. The molecule has 4 saturated carbocycles. The van der Waals surface area contributed by atoms with Crippen molar-refractivity contribution in [3.63, 3.8) is 0 Å². The molecule has 2 aromatic carbocycles. The van der Waals surface area contributed by atoms with Crippen molar-refractivity contribution in [2.75, 3.05) is 13.7 Å². The predicted octanol–water partition coefficient (Wildman–Crippen LogP) is 3.81. The molecule has 4 aliphatic rings. The van der Waals surface area contributed by atoms with Gasteiger partial charge < -0.3 is 0 Å². The number of carbonyl (C=O) groups excluding carboxylic acids is 2. The minimum absolute atomic E-state index is 0.0952. The number of ether oxygens (including phenoxy) is 2. The Balaban J connectivity index is 1.16. The fourth-order valence-corrected chi connectivity index (χ4v) is 8.36. The first-order chi connectivity index (χ1) is 15.5. The topological polar surface area (TPSA) is 52.6 Å². The molecule has 0 atom stereocenters. The maximum absolute atomic E-state index is 12.5. The third-order valence-electron chi connectivity index (χ3n) is 7.61. The van der Waals surface area contributed by atoms with Crippen LogP contribution in [0.15, 0.2) is 48.5 Å². The third-order valence-corrected chi connectivity index (χ3v) is 9.53. The summed E-state index contributed by atoms with van der Waals surface area (Å²) < 4.78 is 11.6. The monoisotopic (exact) mass is 493 g/mol. The Hall–Kier alpha value is -2.06. The predicted molar refractivity (Wildman–Crippen MR) is 124 cm³/mol. The van der Waals surface area contributed by atoms with Crippen molar-refractivity contribution >= 4 is 30.6 Å². The standard InChI is InChI=1S/C27H30AsO4/c1-31-26(30)13-18-3-2-4-23(12-18)28-25(29)17-32-24-7-5-22(6-8-24)27-14-19-9-20(15-27)11-21(10-19)16-27/h2-8,12,19-21H,9-11,13-17H2,1H3. The number of methoxy groups -OCH3 is 1. The van der Waals surface area contributed by atoms with E-state index in [1.165, 1.54) is 51.2 Å². The van der Waals surface area contributed by atoms with Gasteiger partial charge in [0.1, 0.15) is 0 Å². The molecule has 32 heavy (non-hydrogen) atoms. The fraction of sp³-hybridized carbons (Fsp3) is 0.481. The first kappa shape index (κ1) is 21.8. The molecule has 0 saturated heterocycles. The van der Waals surface area contributed by atoms with Gasteiger partial charge in [-0.3, -0.25) is 0 Å². The molecule has 0 heterocycles. The van der Waals surface area contributed by atoms with Crippen molar-refractivity contribution in [1.29, 1.82) is 0 Å². The van der Waals surface area contributed by atoms with E-state index in [-0.39, 0.29) is 23.6 Å². The summed E-state index contributed by atoms with van der Waals surface area (Å²) in [6.07, 6.45) is 8.67. The summed E-state index contributed by atoms with van der Waals surface area (Å²) in [5, 5.41) is 0. The van der Waals surface area contributed by atoms with Crippen molar-refractivity contribution in [2.24, 2.45) is 17.8 Å². The number of benzene rings is 2. The molecule has 0 aromatic heterocycles. The number of carbonyl (C=O) groups is 2. The van der Waals surface area contributed by atoms with Crippen molar-refractivity contribution < 1.29 is 19.1 Å². The van der Waals surface area contributed by atoms with Crippen LogP contribution in [-0.2, 0) is 26.2 Å². The van der Waals surface area contributed by atoms with Crippen molar-refractivity contribution in [2.45, 2.75) is 50.4 Å². The number of esters is 1. The first-order valence-corrected chi connectivity index (χ1v) is 13.5. The van der Waals surface area contributed by atoms with Gasteiger partial charge in [-0.1, -0.05) is 0 Å². The Morgan fingerprint density at radius 2 is 1.62 bits per heavy atom. The second kappa shape index (κ2) is 9.06. The van der Waals surface area contributed by atoms with E-state index in [1.807, 2.05) is 24.3 Å². The van der Waals surface area contributed by atoms with E-state index in [0.717, 1.165) is 33.4 Å². The van der Waals surface area contributed by atoms with Crippen LogP contribution in [0.3, 0.4) is 0 Å². The van der Waals surface area contributed by atoms with Crippen molar-refractivity contribution in [3.8, 4) is 5.75 Å². The second-order valence-corrected chi connectivity index (χ2v) is 12.5. The van der Waals surface area contributed by atoms with Crippen LogP contribution in [0.1, 0.15) is 49.7 Å². The first-order valence-electron chi connectivity index (χ1n) is 11.6. The average molecular weight is 493 g/mol. The Bertz CT molecular complexity index is 962. The van der Waals surface area contributed by atoms with E-state index in [9.17, 15) is 9.59 Å². The van der Waals surface area contributed by atoms with Crippen molar-refractivity contribution in [1.82, 2.24) is 0 Å². The molecule has 2 aromatic rings. The van der Waals surface area contributed by atoms with Crippen LogP contribution in [0.25, 0.3) is 0 Å². The van der Waals surface area contributed by atoms with Gasteiger partial charge in [0.2, 0.25) is 0 Å². The summed E-state index contributed by atoms with van der Waals surface area (Å²) in [5.41, 5.74) is 2.74. The van der Waals surface area contributed by atoms with E-state index in [4.69, 9.17) is 9.47 Å². The maximum atomic E-state index is 12.5. The average Bonchev–Trinajstić information content (AvgIpc) is 2.77. The van der Waals surface area contributed by atoms with Crippen LogP contribution in [0.2, 0.25) is 0 Å². The van der Waals surface area contributed by atoms with Crippen LogP contribution < -0.4 is 9.09 Å². The summed E-state index contributed by atoms with van der Waals surface area (Å²) in [6, 6.07) is 16.2. The molecule has 1 radical (unpaired) electrons. The SMILES string of the molecule is COC(=O)Cc1cccc([As]C(=O)COc2ccc(C34CC5CC(CC(C5)C3)C4)cc2)c1.